The van der Waals surface area contributed by atoms with E-state index in [1.165, 1.54) is 6.20 Å². The highest BCUT2D eigenvalue weighted by Gasteiger charge is 2.18. The van der Waals surface area contributed by atoms with E-state index in [1.54, 1.807) is 48.5 Å². The first-order valence-corrected chi connectivity index (χ1v) is 13.2. The van der Waals surface area contributed by atoms with Crippen molar-refractivity contribution in [3.8, 4) is 11.6 Å². The Morgan fingerprint density at radius 2 is 1.63 bits per heavy atom. The molecular weight excluding hydrogens is 462 g/mol. The van der Waals surface area contributed by atoms with Gasteiger partial charge < -0.3 is 10.1 Å². The predicted molar refractivity (Wildman–Crippen MR) is 139 cm³/mol. The minimum atomic E-state index is -3.71. The van der Waals surface area contributed by atoms with Gasteiger partial charge in [-0.2, -0.15) is 0 Å². The molecule has 0 spiro atoms. The van der Waals surface area contributed by atoms with E-state index in [1.807, 2.05) is 12.1 Å². The van der Waals surface area contributed by atoms with Gasteiger partial charge in [-0.05, 0) is 59.9 Å². The predicted octanol–water partition coefficient (Wildman–Crippen LogP) is 5.89. The van der Waals surface area contributed by atoms with Gasteiger partial charge in [0.1, 0.15) is 5.75 Å². The van der Waals surface area contributed by atoms with Gasteiger partial charge in [0.2, 0.25) is 5.88 Å². The molecule has 2 aromatic carbocycles. The number of nitrogens with zero attached hydrogens (tertiary/aromatic N) is 1. The summed E-state index contributed by atoms with van der Waals surface area (Å²) < 4.78 is 33.8. The van der Waals surface area contributed by atoms with Crippen LogP contribution in [0, 0.1) is 0 Å². The zero-order valence-electron chi connectivity index (χ0n) is 20.7. The minimum absolute atomic E-state index is 0.0542. The van der Waals surface area contributed by atoms with Crippen LogP contribution in [0.25, 0.3) is 0 Å². The van der Waals surface area contributed by atoms with E-state index in [-0.39, 0.29) is 16.2 Å². The van der Waals surface area contributed by atoms with Crippen LogP contribution < -0.4 is 14.8 Å². The first kappa shape index (κ1) is 26.2. The Morgan fingerprint density at radius 1 is 0.943 bits per heavy atom. The molecule has 0 atom stereocenters. The number of rotatable bonds is 10. The molecule has 7 nitrogen and oxygen atoms in total. The molecule has 8 heteroatoms. The number of aromatic nitrogens is 1. The quantitative estimate of drug-likeness (QED) is 0.342. The van der Waals surface area contributed by atoms with Crippen LogP contribution in [-0.2, 0) is 15.4 Å². The maximum absolute atomic E-state index is 12.7. The van der Waals surface area contributed by atoms with Crippen LogP contribution in [0.5, 0.6) is 11.6 Å². The fourth-order valence-corrected chi connectivity index (χ4v) is 4.37. The van der Waals surface area contributed by atoms with E-state index < -0.39 is 10.0 Å². The van der Waals surface area contributed by atoms with E-state index in [4.69, 9.17) is 4.74 Å². The summed E-state index contributed by atoms with van der Waals surface area (Å²) in [6, 6.07) is 16.7. The van der Waals surface area contributed by atoms with Crippen LogP contribution in [0.1, 0.15) is 62.9 Å². The molecule has 2 N–H and O–H groups in total. The number of unbranched alkanes of at least 4 members (excludes halogenated alkanes) is 2. The van der Waals surface area contributed by atoms with Crippen molar-refractivity contribution in [3.05, 3.63) is 78.0 Å². The van der Waals surface area contributed by atoms with Gasteiger partial charge in [0.05, 0.1) is 10.5 Å². The van der Waals surface area contributed by atoms with Gasteiger partial charge in [0.25, 0.3) is 15.9 Å². The standard InChI is InChI=1S/C27H33N3O4S/c1-5-6-7-18-28-26(31)20-8-17-25(29-19-20)34-23-13-11-22(12-14-23)30-35(32,33)24-15-9-21(10-16-24)27(2,3)4/h8-17,19,30H,5-7,18H2,1-4H3,(H,28,31). The van der Waals surface area contributed by atoms with Gasteiger partial charge in [-0.1, -0.05) is 52.7 Å². The summed E-state index contributed by atoms with van der Waals surface area (Å²) in [5.41, 5.74) is 1.89. The number of anilines is 1. The molecule has 0 aliphatic carbocycles. The largest absolute Gasteiger partial charge is 0.439 e. The summed E-state index contributed by atoms with van der Waals surface area (Å²) in [4.78, 5) is 16.5. The Kier molecular flexibility index (Phi) is 8.51. The second-order valence-corrected chi connectivity index (χ2v) is 11.0. The highest BCUT2D eigenvalue weighted by Crippen LogP contribution is 2.26. The Bertz CT molecular complexity index is 1220. The van der Waals surface area contributed by atoms with Crippen LogP contribution in [0.2, 0.25) is 0 Å². The zero-order chi connectivity index (χ0) is 25.5. The molecule has 0 bridgehead atoms. The molecule has 0 saturated heterocycles. The number of ether oxygens (including phenoxy) is 1. The van der Waals surface area contributed by atoms with Crippen molar-refractivity contribution in [1.82, 2.24) is 10.3 Å². The first-order chi connectivity index (χ1) is 16.6. The first-order valence-electron chi connectivity index (χ1n) is 11.7. The molecule has 0 radical (unpaired) electrons. The maximum Gasteiger partial charge on any atom is 0.261 e. The van der Waals surface area contributed by atoms with Crippen molar-refractivity contribution in [1.29, 1.82) is 0 Å². The Morgan fingerprint density at radius 3 is 2.20 bits per heavy atom. The number of hydrogen-bond acceptors (Lipinski definition) is 5. The lowest BCUT2D eigenvalue weighted by molar-refractivity contribution is 0.0952. The van der Waals surface area contributed by atoms with Crippen LogP contribution >= 0.6 is 0 Å². The molecule has 35 heavy (non-hydrogen) atoms. The lowest BCUT2D eigenvalue weighted by atomic mass is 9.87. The molecule has 1 aromatic heterocycles. The van der Waals surface area contributed by atoms with E-state index in [0.717, 1.165) is 24.8 Å². The summed E-state index contributed by atoms with van der Waals surface area (Å²) in [5.74, 6) is 0.663. The summed E-state index contributed by atoms with van der Waals surface area (Å²) in [5, 5.41) is 2.87. The highest BCUT2D eigenvalue weighted by molar-refractivity contribution is 7.92. The fourth-order valence-electron chi connectivity index (χ4n) is 3.31. The van der Waals surface area contributed by atoms with Crippen molar-refractivity contribution < 1.29 is 17.9 Å². The van der Waals surface area contributed by atoms with Crippen LogP contribution in [0.3, 0.4) is 0 Å². The topological polar surface area (TPSA) is 97.4 Å². The molecule has 0 saturated carbocycles. The number of benzene rings is 2. The van der Waals surface area contributed by atoms with Gasteiger partial charge in [-0.25, -0.2) is 13.4 Å². The molecule has 1 heterocycles. The SMILES string of the molecule is CCCCCNC(=O)c1ccc(Oc2ccc(NS(=O)(=O)c3ccc(C(C)(C)C)cc3)cc2)nc1. The number of sulfonamides is 1. The van der Waals surface area contributed by atoms with E-state index in [2.05, 4.69) is 42.7 Å². The number of hydrogen-bond donors (Lipinski definition) is 2. The van der Waals surface area contributed by atoms with Crippen molar-refractivity contribution in [3.63, 3.8) is 0 Å². The lowest BCUT2D eigenvalue weighted by Gasteiger charge is -2.19. The molecule has 0 fully saturated rings. The lowest BCUT2D eigenvalue weighted by Crippen LogP contribution is -2.24. The Balaban J connectivity index is 1.58. The highest BCUT2D eigenvalue weighted by atomic mass is 32.2. The van der Waals surface area contributed by atoms with Crippen molar-refractivity contribution >= 4 is 21.6 Å². The Hall–Kier alpha value is -3.39. The summed E-state index contributed by atoms with van der Waals surface area (Å²) >= 11 is 0. The molecule has 0 unspecified atom stereocenters. The zero-order valence-corrected chi connectivity index (χ0v) is 21.5. The third kappa shape index (κ3) is 7.55. The monoisotopic (exact) mass is 495 g/mol. The second kappa shape index (κ2) is 11.4. The van der Waals surface area contributed by atoms with Crippen molar-refractivity contribution in [2.24, 2.45) is 0 Å². The van der Waals surface area contributed by atoms with Gasteiger partial charge >= 0.3 is 0 Å². The number of pyridine rings is 1. The molecular formula is C27H33N3O4S. The number of carbonyl (C=O) groups excluding carboxylic acids is 1. The van der Waals surface area contributed by atoms with Gasteiger partial charge in [-0.3, -0.25) is 9.52 Å². The minimum Gasteiger partial charge on any atom is -0.439 e. The number of carbonyl (C=O) groups is 1. The molecule has 3 aromatic rings. The molecule has 3 rings (SSSR count). The summed E-state index contributed by atoms with van der Waals surface area (Å²) in [7, 11) is -3.71. The third-order valence-electron chi connectivity index (χ3n) is 5.42. The number of nitrogens with one attached hydrogen (secondary N) is 2. The smallest absolute Gasteiger partial charge is 0.261 e. The van der Waals surface area contributed by atoms with E-state index >= 15 is 0 Å². The van der Waals surface area contributed by atoms with Crippen LogP contribution in [0.15, 0.2) is 71.8 Å². The second-order valence-electron chi connectivity index (χ2n) is 9.35. The average Bonchev–Trinajstić information content (AvgIpc) is 2.83. The summed E-state index contributed by atoms with van der Waals surface area (Å²) in [6.07, 6.45) is 4.60. The number of amides is 1. The maximum atomic E-state index is 12.7. The van der Waals surface area contributed by atoms with Crippen LogP contribution in [-0.4, -0.2) is 25.9 Å². The van der Waals surface area contributed by atoms with E-state index in [0.29, 0.717) is 29.4 Å². The third-order valence-corrected chi connectivity index (χ3v) is 6.82. The van der Waals surface area contributed by atoms with Crippen molar-refractivity contribution in [2.45, 2.75) is 57.3 Å². The molecule has 1 amide bonds. The average molecular weight is 496 g/mol. The van der Waals surface area contributed by atoms with E-state index in [9.17, 15) is 13.2 Å². The Labute approximate surface area is 208 Å². The molecule has 186 valence electrons. The van der Waals surface area contributed by atoms with Crippen molar-refractivity contribution in [2.75, 3.05) is 11.3 Å². The van der Waals surface area contributed by atoms with Crippen LogP contribution in [0.4, 0.5) is 5.69 Å². The fraction of sp³-hybridized carbons (Fsp3) is 0.333. The summed E-state index contributed by atoms with van der Waals surface area (Å²) in [6.45, 7) is 8.99. The van der Waals surface area contributed by atoms with Gasteiger partial charge in [0, 0.05) is 24.5 Å². The van der Waals surface area contributed by atoms with Gasteiger partial charge in [0.15, 0.2) is 0 Å². The molecule has 0 aliphatic heterocycles. The van der Waals surface area contributed by atoms with Gasteiger partial charge in [-0.15, -0.1) is 0 Å². The normalized spacial score (nSPS) is 11.7. The molecule has 0 aliphatic rings.